The van der Waals surface area contributed by atoms with Crippen LogP contribution in [-0.4, -0.2) is 41.2 Å². The molecule has 146 valence electrons. The van der Waals surface area contributed by atoms with Gasteiger partial charge in [0.15, 0.2) is 0 Å². The number of hydrogen-bond donors (Lipinski definition) is 2. The lowest BCUT2D eigenvalue weighted by Gasteiger charge is -2.37. The molecule has 1 fully saturated rings. The first kappa shape index (κ1) is 18.4. The molecular weight excluding hydrogens is 359 g/mol. The molecule has 3 aromatic rings. The van der Waals surface area contributed by atoms with Crippen molar-refractivity contribution in [1.82, 2.24) is 15.3 Å². The van der Waals surface area contributed by atoms with Crippen LogP contribution in [0.25, 0.3) is 11.0 Å². The molecule has 7 heteroatoms. The highest BCUT2D eigenvalue weighted by molar-refractivity contribution is 5.97. The van der Waals surface area contributed by atoms with Gasteiger partial charge >= 0.3 is 0 Å². The summed E-state index contributed by atoms with van der Waals surface area (Å²) in [5.74, 6) is -0.497. The number of rotatable bonds is 4. The van der Waals surface area contributed by atoms with E-state index in [4.69, 9.17) is 4.74 Å². The van der Waals surface area contributed by atoms with Gasteiger partial charge < -0.3 is 19.9 Å². The summed E-state index contributed by atoms with van der Waals surface area (Å²) in [4.78, 5) is 21.5. The first-order valence-corrected chi connectivity index (χ1v) is 9.40. The Bertz CT molecular complexity index is 993. The molecule has 2 N–H and O–H groups in total. The maximum atomic E-state index is 14.7. The molecule has 2 unspecified atom stereocenters. The molecule has 4 rings (SSSR count). The second-order valence-electron chi connectivity index (χ2n) is 7.27. The highest BCUT2D eigenvalue weighted by atomic mass is 19.1. The first-order valence-electron chi connectivity index (χ1n) is 9.40. The Balaban J connectivity index is 1.42. The number of ether oxygens (including phenoxy) is 1. The summed E-state index contributed by atoms with van der Waals surface area (Å²) >= 11 is 0. The fourth-order valence-electron chi connectivity index (χ4n) is 3.65. The van der Waals surface area contributed by atoms with Gasteiger partial charge in [-0.15, -0.1) is 0 Å². The Hall–Kier alpha value is -2.93. The van der Waals surface area contributed by atoms with E-state index in [2.05, 4.69) is 15.3 Å². The molecule has 6 nitrogen and oxygen atoms in total. The van der Waals surface area contributed by atoms with Crippen molar-refractivity contribution in [3.63, 3.8) is 0 Å². The maximum Gasteiger partial charge on any atom is 0.251 e. The molecule has 0 spiro atoms. The Morgan fingerprint density at radius 2 is 2.04 bits per heavy atom. The number of benzene rings is 2. The molecule has 2 aromatic carbocycles. The van der Waals surface area contributed by atoms with Gasteiger partial charge in [0.2, 0.25) is 0 Å². The second kappa shape index (κ2) is 7.59. The quantitative estimate of drug-likeness (QED) is 0.727. The van der Waals surface area contributed by atoms with Crippen LogP contribution < -0.4 is 10.2 Å². The van der Waals surface area contributed by atoms with E-state index in [1.807, 2.05) is 24.8 Å². The van der Waals surface area contributed by atoms with Crippen molar-refractivity contribution in [2.24, 2.45) is 0 Å². The van der Waals surface area contributed by atoms with E-state index in [0.717, 1.165) is 11.0 Å². The smallest absolute Gasteiger partial charge is 0.251 e. The minimum Gasteiger partial charge on any atom is -0.372 e. The van der Waals surface area contributed by atoms with Crippen molar-refractivity contribution in [3.05, 3.63) is 59.7 Å². The van der Waals surface area contributed by atoms with Crippen LogP contribution in [0.5, 0.6) is 0 Å². The van der Waals surface area contributed by atoms with E-state index in [1.165, 1.54) is 6.07 Å². The third-order valence-corrected chi connectivity index (χ3v) is 4.91. The van der Waals surface area contributed by atoms with Crippen LogP contribution in [-0.2, 0) is 11.3 Å². The van der Waals surface area contributed by atoms with Gasteiger partial charge in [-0.2, -0.15) is 0 Å². The van der Waals surface area contributed by atoms with Gasteiger partial charge in [0, 0.05) is 25.2 Å². The lowest BCUT2D eigenvalue weighted by Crippen LogP contribution is -2.45. The van der Waals surface area contributed by atoms with Gasteiger partial charge in [-0.05, 0) is 49.7 Å². The zero-order chi connectivity index (χ0) is 19.7. The molecular formula is C21H23FN4O2. The SMILES string of the molecule is CC1CN(c2ccc(CNC(=O)c3ccc4nc[nH]c4c3)cc2F)CC(C)O1. The number of aromatic amines is 1. The number of fused-ring (bicyclic) bond motifs is 1. The summed E-state index contributed by atoms with van der Waals surface area (Å²) in [5, 5.41) is 2.84. The molecule has 2 heterocycles. The standard InChI is InChI=1S/C21H23FN4O2/c1-13-10-26(11-14(2)28-13)20-6-3-15(7-17(20)22)9-23-21(27)16-4-5-18-19(8-16)25-12-24-18/h3-8,12-14H,9-11H2,1-2H3,(H,23,27)(H,24,25). The lowest BCUT2D eigenvalue weighted by atomic mass is 10.1. The molecule has 1 aromatic heterocycles. The molecule has 2 atom stereocenters. The zero-order valence-electron chi connectivity index (χ0n) is 15.9. The van der Waals surface area contributed by atoms with Crippen molar-refractivity contribution >= 4 is 22.6 Å². The van der Waals surface area contributed by atoms with Crippen LogP contribution in [0.15, 0.2) is 42.7 Å². The number of aromatic nitrogens is 2. The minimum atomic E-state index is -0.285. The van der Waals surface area contributed by atoms with Crippen molar-refractivity contribution in [1.29, 1.82) is 0 Å². The van der Waals surface area contributed by atoms with Gasteiger partial charge in [0.25, 0.3) is 5.91 Å². The highest BCUT2D eigenvalue weighted by Gasteiger charge is 2.24. The number of H-pyrrole nitrogens is 1. The first-order chi connectivity index (χ1) is 13.5. The molecule has 1 amide bonds. The molecule has 0 bridgehead atoms. The van der Waals surface area contributed by atoms with Crippen molar-refractivity contribution in [2.75, 3.05) is 18.0 Å². The van der Waals surface area contributed by atoms with E-state index in [1.54, 1.807) is 30.6 Å². The average molecular weight is 382 g/mol. The third kappa shape index (κ3) is 3.84. The maximum absolute atomic E-state index is 14.7. The number of imidazole rings is 1. The number of nitrogens with zero attached hydrogens (tertiary/aromatic N) is 2. The molecule has 1 aliphatic heterocycles. The number of carbonyl (C=O) groups is 1. The fourth-order valence-corrected chi connectivity index (χ4v) is 3.65. The summed E-state index contributed by atoms with van der Waals surface area (Å²) in [6.45, 7) is 5.56. The average Bonchev–Trinajstić information content (AvgIpc) is 3.13. The van der Waals surface area contributed by atoms with Crippen LogP contribution >= 0.6 is 0 Å². The van der Waals surface area contributed by atoms with Gasteiger partial charge in [-0.1, -0.05) is 6.07 Å². The van der Waals surface area contributed by atoms with Crippen LogP contribution in [0.1, 0.15) is 29.8 Å². The predicted octanol–water partition coefficient (Wildman–Crippen LogP) is 3.25. The Kier molecular flexibility index (Phi) is 5.00. The van der Waals surface area contributed by atoms with Crippen LogP contribution in [0, 0.1) is 5.82 Å². The summed E-state index contributed by atoms with van der Waals surface area (Å²) < 4.78 is 20.4. The number of anilines is 1. The third-order valence-electron chi connectivity index (χ3n) is 4.91. The Labute approximate surface area is 162 Å². The van der Waals surface area contributed by atoms with E-state index < -0.39 is 0 Å². The topological polar surface area (TPSA) is 70.2 Å². The van der Waals surface area contributed by atoms with E-state index >= 15 is 0 Å². The lowest BCUT2D eigenvalue weighted by molar-refractivity contribution is -0.00539. The zero-order valence-corrected chi connectivity index (χ0v) is 15.9. The Morgan fingerprint density at radius 1 is 1.25 bits per heavy atom. The monoisotopic (exact) mass is 382 g/mol. The number of amides is 1. The molecule has 0 aliphatic carbocycles. The van der Waals surface area contributed by atoms with E-state index in [-0.39, 0.29) is 30.5 Å². The van der Waals surface area contributed by atoms with Gasteiger partial charge in [-0.25, -0.2) is 9.37 Å². The van der Waals surface area contributed by atoms with E-state index in [0.29, 0.717) is 29.9 Å². The predicted molar refractivity (Wildman–Crippen MR) is 106 cm³/mol. The van der Waals surface area contributed by atoms with E-state index in [9.17, 15) is 9.18 Å². The number of carbonyl (C=O) groups excluding carboxylic acids is 1. The fraction of sp³-hybridized carbons (Fsp3) is 0.333. The van der Waals surface area contributed by atoms with Gasteiger partial charge in [0.1, 0.15) is 5.82 Å². The molecule has 0 radical (unpaired) electrons. The molecule has 1 aliphatic rings. The normalized spacial score (nSPS) is 19.8. The Morgan fingerprint density at radius 3 is 2.79 bits per heavy atom. The van der Waals surface area contributed by atoms with Crippen LogP contribution in [0.4, 0.5) is 10.1 Å². The summed E-state index contributed by atoms with van der Waals surface area (Å²) in [6, 6.07) is 10.4. The minimum absolute atomic E-state index is 0.0642. The number of hydrogen-bond acceptors (Lipinski definition) is 4. The van der Waals surface area contributed by atoms with Crippen molar-refractivity contribution in [3.8, 4) is 0 Å². The molecule has 0 saturated carbocycles. The number of morpholine rings is 1. The highest BCUT2D eigenvalue weighted by Crippen LogP contribution is 2.24. The molecule has 1 saturated heterocycles. The van der Waals surface area contributed by atoms with Gasteiger partial charge in [-0.3, -0.25) is 4.79 Å². The largest absolute Gasteiger partial charge is 0.372 e. The number of nitrogens with one attached hydrogen (secondary N) is 2. The summed E-state index contributed by atoms with van der Waals surface area (Å²) in [5.41, 5.74) is 3.43. The van der Waals surface area contributed by atoms with Crippen molar-refractivity contribution < 1.29 is 13.9 Å². The van der Waals surface area contributed by atoms with Crippen LogP contribution in [0.2, 0.25) is 0 Å². The number of halogens is 1. The summed E-state index contributed by atoms with van der Waals surface area (Å²) in [6.07, 6.45) is 1.72. The van der Waals surface area contributed by atoms with Crippen molar-refractivity contribution in [2.45, 2.75) is 32.6 Å². The second-order valence-corrected chi connectivity index (χ2v) is 7.27. The summed E-state index contributed by atoms with van der Waals surface area (Å²) in [7, 11) is 0. The van der Waals surface area contributed by atoms with Gasteiger partial charge in [0.05, 0.1) is 35.3 Å². The molecule has 28 heavy (non-hydrogen) atoms. The van der Waals surface area contributed by atoms with Crippen LogP contribution in [0.3, 0.4) is 0 Å².